The van der Waals surface area contributed by atoms with Gasteiger partial charge in [0.1, 0.15) is 19.3 Å². The normalized spacial score (nSPS) is 14.6. The molecule has 5 atom stereocenters. The Morgan fingerprint density at radius 3 is 0.840 bits per heavy atom. The van der Waals surface area contributed by atoms with Crippen LogP contribution in [0, 0.1) is 0 Å². The molecule has 17 nitrogen and oxygen atoms in total. The minimum absolute atomic E-state index is 0.0269. The topological polar surface area (TPSA) is 237 Å². The van der Waals surface area contributed by atoms with Crippen LogP contribution >= 0.6 is 15.6 Å². The van der Waals surface area contributed by atoms with Crippen LogP contribution in [-0.4, -0.2) is 96.7 Å². The summed E-state index contributed by atoms with van der Waals surface area (Å²) >= 11 is 0. The van der Waals surface area contributed by atoms with Crippen LogP contribution in [-0.2, 0) is 65.4 Å². The molecular formula is C87H146O17P2. The SMILES string of the molecule is CCC=CCC=CCC=CCC=CCC=CCC=CCCC(=O)OCC(COP(=O)(O)OCC(O)COP(=O)(O)OCC(COC(=O)CCCCCCCC=CCC=CCCCCC)OC(=O)CCCCCCCCCC=CCCCCCC)OC(=O)CCCCCCC=CCC=CCC=CCCCCC. The first-order chi connectivity index (χ1) is 51.7. The Balaban J connectivity index is 5.48. The molecule has 0 aliphatic heterocycles. The first kappa shape index (κ1) is 101. The van der Waals surface area contributed by atoms with E-state index in [2.05, 4.69) is 155 Å². The molecule has 0 heterocycles. The van der Waals surface area contributed by atoms with E-state index >= 15 is 0 Å². The molecule has 0 amide bonds. The quantitative estimate of drug-likeness (QED) is 0.0169. The van der Waals surface area contributed by atoms with Crippen molar-refractivity contribution in [3.63, 3.8) is 0 Å². The van der Waals surface area contributed by atoms with Crippen molar-refractivity contribution in [1.29, 1.82) is 0 Å². The third-order valence-electron chi connectivity index (χ3n) is 16.8. The van der Waals surface area contributed by atoms with E-state index in [0.29, 0.717) is 32.1 Å². The fourth-order valence-corrected chi connectivity index (χ4v) is 12.1. The van der Waals surface area contributed by atoms with Crippen LogP contribution in [0.25, 0.3) is 0 Å². The Bertz CT molecular complexity index is 2580. The summed E-state index contributed by atoms with van der Waals surface area (Å²) in [5, 5.41) is 10.7. The number of phosphoric acid groups is 2. The number of carbonyl (C=O) groups excluding carboxylic acids is 4. The minimum Gasteiger partial charge on any atom is -0.462 e. The fraction of sp³-hybridized carbons (Fsp3) is 0.678. The van der Waals surface area contributed by atoms with Gasteiger partial charge in [0, 0.05) is 25.7 Å². The number of ether oxygens (including phenoxy) is 4. The Labute approximate surface area is 643 Å². The van der Waals surface area contributed by atoms with Gasteiger partial charge in [-0.25, -0.2) is 9.13 Å². The lowest BCUT2D eigenvalue weighted by Gasteiger charge is -2.21. The average Bonchev–Trinajstić information content (AvgIpc) is 0.902. The monoisotopic (exact) mass is 1530 g/mol. The number of unbranched alkanes of at least 4 members (excludes halogenated alkanes) is 26. The molecule has 0 radical (unpaired) electrons. The molecule has 5 unspecified atom stereocenters. The van der Waals surface area contributed by atoms with Crippen molar-refractivity contribution in [3.8, 4) is 0 Å². The number of rotatable bonds is 76. The minimum atomic E-state index is -5.01. The molecule has 0 saturated carbocycles. The molecule has 0 bridgehead atoms. The second kappa shape index (κ2) is 78.1. The van der Waals surface area contributed by atoms with E-state index < -0.39 is 97.5 Å². The van der Waals surface area contributed by atoms with E-state index in [0.717, 1.165) is 173 Å². The van der Waals surface area contributed by atoms with E-state index in [4.69, 9.17) is 37.0 Å². The number of hydrogen-bond acceptors (Lipinski definition) is 15. The molecule has 0 aliphatic rings. The van der Waals surface area contributed by atoms with Crippen LogP contribution in [0.1, 0.15) is 323 Å². The van der Waals surface area contributed by atoms with E-state index in [1.165, 1.54) is 64.2 Å². The summed E-state index contributed by atoms with van der Waals surface area (Å²) in [5.74, 6) is -2.32. The van der Waals surface area contributed by atoms with Crippen molar-refractivity contribution in [1.82, 2.24) is 0 Å². The van der Waals surface area contributed by atoms with Gasteiger partial charge in [0.2, 0.25) is 0 Å². The molecule has 0 aromatic heterocycles. The van der Waals surface area contributed by atoms with Crippen LogP contribution < -0.4 is 0 Å². The summed E-state index contributed by atoms with van der Waals surface area (Å²) in [6.07, 6.45) is 89.7. The smallest absolute Gasteiger partial charge is 0.462 e. The van der Waals surface area contributed by atoms with Gasteiger partial charge in [0.15, 0.2) is 12.2 Å². The third-order valence-corrected chi connectivity index (χ3v) is 18.7. The number of aliphatic hydroxyl groups is 1. The van der Waals surface area contributed by atoms with Crippen molar-refractivity contribution in [2.75, 3.05) is 39.6 Å². The fourth-order valence-electron chi connectivity index (χ4n) is 10.5. The van der Waals surface area contributed by atoms with Gasteiger partial charge < -0.3 is 33.8 Å². The lowest BCUT2D eigenvalue weighted by atomic mass is 10.1. The standard InChI is InChI=1S/C87H146O17P2/c1-5-9-13-17-21-25-29-33-37-39-40-42-45-48-52-56-60-64-68-72-85(90)98-78-83(104-87(92)74-70-66-62-58-54-50-46-41-38-34-30-26-22-18-14-10-6-2)80-102-106(95,96)100-76-81(88)75-99-105(93,94)101-79-82(103-86(91)73-69-65-61-57-53-49-44-36-32-28-24-20-16-12-8-4)77-97-84(89)71-67-63-59-55-51-47-43-35-31-27-23-19-15-11-7-3/h9,13,21-23,25-28,32-35,37-38,40,42-43,46,48,50,52,60,64,81-83,88H,5-8,10-12,14-20,24,29-31,36,39,41,44-45,47,49,51,53-59,61-63,65-80H2,1-4H3,(H,93,94)(H,95,96). The maximum absolute atomic E-state index is 13.1. The van der Waals surface area contributed by atoms with Gasteiger partial charge in [-0.3, -0.25) is 37.3 Å². The van der Waals surface area contributed by atoms with E-state index in [9.17, 15) is 43.2 Å². The lowest BCUT2D eigenvalue weighted by Crippen LogP contribution is -2.30. The highest BCUT2D eigenvalue weighted by molar-refractivity contribution is 7.47. The molecule has 3 N–H and O–H groups in total. The van der Waals surface area contributed by atoms with Crippen LogP contribution in [0.3, 0.4) is 0 Å². The predicted octanol–water partition coefficient (Wildman–Crippen LogP) is 24.2. The maximum atomic E-state index is 13.1. The zero-order chi connectivity index (χ0) is 77.4. The number of esters is 4. The Hall–Kier alpha value is -5.06. The van der Waals surface area contributed by atoms with Gasteiger partial charge >= 0.3 is 39.5 Å². The second-order valence-electron chi connectivity index (χ2n) is 27.0. The number of phosphoric ester groups is 2. The molecule has 0 aliphatic carbocycles. The molecular weight excluding hydrogens is 1380 g/mol. The Morgan fingerprint density at radius 1 is 0.274 bits per heavy atom. The molecule has 606 valence electrons. The average molecular weight is 1530 g/mol. The zero-order valence-corrected chi connectivity index (χ0v) is 68.1. The highest BCUT2D eigenvalue weighted by Crippen LogP contribution is 2.45. The van der Waals surface area contributed by atoms with Gasteiger partial charge in [0.05, 0.1) is 26.4 Å². The van der Waals surface area contributed by atoms with Gasteiger partial charge in [-0.05, 0) is 161 Å². The van der Waals surface area contributed by atoms with E-state index in [1.807, 2.05) is 18.2 Å². The molecule has 0 spiro atoms. The van der Waals surface area contributed by atoms with Crippen LogP contribution in [0.4, 0.5) is 0 Å². The Morgan fingerprint density at radius 2 is 0.509 bits per heavy atom. The summed E-state index contributed by atoms with van der Waals surface area (Å²) in [5.41, 5.74) is 0. The molecule has 0 aromatic rings. The zero-order valence-electron chi connectivity index (χ0n) is 66.3. The number of carbonyl (C=O) groups is 4. The summed E-state index contributed by atoms with van der Waals surface area (Å²) < 4.78 is 68.6. The molecule has 0 fully saturated rings. The van der Waals surface area contributed by atoms with Crippen LogP contribution in [0.5, 0.6) is 0 Å². The highest BCUT2D eigenvalue weighted by atomic mass is 31.2. The maximum Gasteiger partial charge on any atom is 0.472 e. The van der Waals surface area contributed by atoms with Crippen molar-refractivity contribution in [2.45, 2.75) is 341 Å². The summed E-state index contributed by atoms with van der Waals surface area (Å²) in [6.45, 7) is 4.58. The summed E-state index contributed by atoms with van der Waals surface area (Å²) in [4.78, 5) is 73.1. The molecule has 0 aromatic carbocycles. The van der Waals surface area contributed by atoms with Gasteiger partial charge in [-0.2, -0.15) is 0 Å². The molecule has 0 saturated heterocycles. The summed E-state index contributed by atoms with van der Waals surface area (Å²) in [6, 6.07) is 0. The predicted molar refractivity (Wildman–Crippen MR) is 436 cm³/mol. The largest absolute Gasteiger partial charge is 0.472 e. The second-order valence-corrected chi connectivity index (χ2v) is 29.9. The van der Waals surface area contributed by atoms with Gasteiger partial charge in [-0.15, -0.1) is 0 Å². The molecule has 106 heavy (non-hydrogen) atoms. The first-order valence-electron chi connectivity index (χ1n) is 41.1. The third kappa shape index (κ3) is 77.1. The van der Waals surface area contributed by atoms with Crippen LogP contribution in [0.2, 0.25) is 0 Å². The number of hydrogen-bond donors (Lipinski definition) is 3. The van der Waals surface area contributed by atoms with Crippen molar-refractivity contribution >= 4 is 39.5 Å². The lowest BCUT2D eigenvalue weighted by molar-refractivity contribution is -0.161. The van der Waals surface area contributed by atoms with Crippen molar-refractivity contribution in [2.24, 2.45) is 0 Å². The summed E-state index contributed by atoms with van der Waals surface area (Å²) in [7, 11) is -10.00. The first-order valence-corrected chi connectivity index (χ1v) is 44.1. The molecule has 0 rings (SSSR count). The Kier molecular flexibility index (Phi) is 74.3. The van der Waals surface area contributed by atoms with Crippen LogP contribution in [0.15, 0.2) is 146 Å². The van der Waals surface area contributed by atoms with Crippen molar-refractivity contribution < 1.29 is 80.2 Å². The number of allylic oxidation sites excluding steroid dienone is 24. The number of aliphatic hydroxyl groups excluding tert-OH is 1. The van der Waals surface area contributed by atoms with Gasteiger partial charge in [-0.1, -0.05) is 283 Å². The molecule has 19 heteroatoms. The van der Waals surface area contributed by atoms with E-state index in [-0.39, 0.29) is 25.7 Å². The van der Waals surface area contributed by atoms with Gasteiger partial charge in [0.25, 0.3) is 0 Å². The van der Waals surface area contributed by atoms with E-state index in [1.54, 1.807) is 0 Å². The highest BCUT2D eigenvalue weighted by Gasteiger charge is 2.30. The van der Waals surface area contributed by atoms with Crippen molar-refractivity contribution in [3.05, 3.63) is 146 Å².